The second-order valence-electron chi connectivity index (χ2n) is 8.26. The maximum absolute atomic E-state index is 10.5. The van der Waals surface area contributed by atoms with Gasteiger partial charge in [0.25, 0.3) is 0 Å². The van der Waals surface area contributed by atoms with Crippen LogP contribution < -0.4 is 10.1 Å². The third kappa shape index (κ3) is 3.93. The quantitative estimate of drug-likeness (QED) is 0.422. The highest BCUT2D eigenvalue weighted by Gasteiger charge is 2.31. The Morgan fingerprint density at radius 2 is 1.94 bits per heavy atom. The van der Waals surface area contributed by atoms with Gasteiger partial charge in [-0.25, -0.2) is 9.97 Å². The highest BCUT2D eigenvalue weighted by atomic mass is 32.1. The van der Waals surface area contributed by atoms with Gasteiger partial charge in [-0.1, -0.05) is 41.5 Å². The molecule has 2 aliphatic carbocycles. The fourth-order valence-corrected chi connectivity index (χ4v) is 4.93. The summed E-state index contributed by atoms with van der Waals surface area (Å²) in [5, 5.41) is 14.8. The molecule has 0 bridgehead atoms. The molecule has 1 fully saturated rings. The smallest absolute Gasteiger partial charge is 0.184 e. The lowest BCUT2D eigenvalue weighted by molar-refractivity contribution is 0.166. The number of nitrogens with zero attached hydrogens (tertiary/aromatic N) is 2. The predicted molar refractivity (Wildman–Crippen MR) is 126 cm³/mol. The van der Waals surface area contributed by atoms with Crippen LogP contribution in [0.1, 0.15) is 35.7 Å². The molecule has 158 valence electrons. The zero-order valence-corrected chi connectivity index (χ0v) is 18.1. The fraction of sp³-hybridized carbons (Fsp3) is 0.231. The normalized spacial score (nSPS) is 19.3. The summed E-state index contributed by atoms with van der Waals surface area (Å²) in [7, 11) is 0. The van der Waals surface area contributed by atoms with Crippen molar-refractivity contribution in [3.63, 3.8) is 0 Å². The first-order chi connectivity index (χ1) is 15.7. The summed E-state index contributed by atoms with van der Waals surface area (Å²) in [5.41, 5.74) is 3.96. The van der Waals surface area contributed by atoms with Crippen molar-refractivity contribution in [1.29, 1.82) is 0 Å². The van der Waals surface area contributed by atoms with E-state index in [-0.39, 0.29) is 6.04 Å². The molecule has 2 heterocycles. The van der Waals surface area contributed by atoms with Gasteiger partial charge >= 0.3 is 0 Å². The molecule has 32 heavy (non-hydrogen) atoms. The molecule has 0 spiro atoms. The molecule has 0 amide bonds. The van der Waals surface area contributed by atoms with Crippen LogP contribution in [0, 0.1) is 17.8 Å². The Bertz CT molecular complexity index is 1370. The van der Waals surface area contributed by atoms with Crippen LogP contribution in [0.2, 0.25) is 0 Å². The molecule has 2 aliphatic rings. The van der Waals surface area contributed by atoms with Gasteiger partial charge in [0.15, 0.2) is 5.13 Å². The number of hydrogen-bond donors (Lipinski definition) is 2. The number of fused-ring (bicyclic) bond motifs is 2. The van der Waals surface area contributed by atoms with Gasteiger partial charge in [0.05, 0.1) is 22.4 Å². The first-order valence-electron chi connectivity index (χ1n) is 10.8. The third-order valence-electron chi connectivity index (χ3n) is 5.79. The van der Waals surface area contributed by atoms with E-state index in [0.29, 0.717) is 18.1 Å². The molecular formula is C26H21N3O2S. The molecular weight excluding hydrogens is 418 g/mol. The zero-order chi connectivity index (χ0) is 21.5. The summed E-state index contributed by atoms with van der Waals surface area (Å²) < 4.78 is 7.09. The Labute approximate surface area is 190 Å². The summed E-state index contributed by atoms with van der Waals surface area (Å²) in [6.45, 7) is 0. The van der Waals surface area contributed by atoms with Crippen LogP contribution in [0.15, 0.2) is 60.8 Å². The number of thiazole rings is 1. The molecule has 0 radical (unpaired) electrons. The second kappa shape index (κ2) is 7.94. The standard InChI is InChI=1S/C26H21N3O2S/c30-23-13-17-3-1-2-4-21(17)25(23)29-26-28-22-10-9-19(15-24(22)32-26)31-20-11-12-27-18(14-20)8-7-16-5-6-16/h1-4,9-12,14-16,23,25,30H,5-6,13H2,(H,28,29)/t23-,25?/m0/s1. The minimum Gasteiger partial charge on any atom is -0.457 e. The van der Waals surface area contributed by atoms with Gasteiger partial charge in [-0.05, 0) is 48.1 Å². The predicted octanol–water partition coefficient (Wildman–Crippen LogP) is 5.32. The maximum atomic E-state index is 10.5. The molecule has 2 atom stereocenters. The van der Waals surface area contributed by atoms with Crippen LogP contribution >= 0.6 is 11.3 Å². The molecule has 6 rings (SSSR count). The van der Waals surface area contributed by atoms with Crippen LogP contribution in [-0.4, -0.2) is 21.2 Å². The molecule has 0 aliphatic heterocycles. The SMILES string of the molecule is O[C@H]1Cc2ccccc2C1Nc1nc2ccc(Oc3ccnc(C#CC4CC4)c3)cc2s1. The Morgan fingerprint density at radius 3 is 2.84 bits per heavy atom. The van der Waals surface area contributed by atoms with Gasteiger partial charge in [0.2, 0.25) is 0 Å². The molecule has 1 saturated carbocycles. The van der Waals surface area contributed by atoms with E-state index in [1.54, 1.807) is 17.5 Å². The summed E-state index contributed by atoms with van der Waals surface area (Å²) >= 11 is 1.56. The van der Waals surface area contributed by atoms with Crippen LogP contribution in [0.3, 0.4) is 0 Å². The summed E-state index contributed by atoms with van der Waals surface area (Å²) in [6.07, 6.45) is 4.32. The van der Waals surface area contributed by atoms with Crippen molar-refractivity contribution >= 4 is 26.7 Å². The Morgan fingerprint density at radius 1 is 1.06 bits per heavy atom. The first-order valence-corrected chi connectivity index (χ1v) is 11.6. The number of anilines is 1. The third-order valence-corrected chi connectivity index (χ3v) is 6.74. The van der Waals surface area contributed by atoms with E-state index in [2.05, 4.69) is 34.3 Å². The Kier molecular flexibility index (Phi) is 4.79. The monoisotopic (exact) mass is 439 g/mol. The molecule has 2 aromatic heterocycles. The number of benzene rings is 2. The van der Waals surface area contributed by atoms with Gasteiger partial charge in [-0.3, -0.25) is 0 Å². The highest BCUT2D eigenvalue weighted by molar-refractivity contribution is 7.22. The van der Waals surface area contributed by atoms with Crippen molar-refractivity contribution in [2.75, 3.05) is 5.32 Å². The van der Waals surface area contributed by atoms with E-state index in [1.165, 1.54) is 18.4 Å². The second-order valence-corrected chi connectivity index (χ2v) is 9.29. The van der Waals surface area contributed by atoms with Crippen molar-refractivity contribution in [2.24, 2.45) is 5.92 Å². The molecule has 6 heteroatoms. The van der Waals surface area contributed by atoms with E-state index >= 15 is 0 Å². The summed E-state index contributed by atoms with van der Waals surface area (Å²) in [6, 6.07) is 17.6. The molecule has 1 unspecified atom stereocenters. The van der Waals surface area contributed by atoms with Crippen molar-refractivity contribution in [3.8, 4) is 23.3 Å². The van der Waals surface area contributed by atoms with Crippen LogP contribution in [-0.2, 0) is 6.42 Å². The van der Waals surface area contributed by atoms with Crippen LogP contribution in [0.4, 0.5) is 5.13 Å². The molecule has 5 nitrogen and oxygen atoms in total. The number of pyridine rings is 1. The number of aliphatic hydroxyl groups is 1. The van der Waals surface area contributed by atoms with Crippen molar-refractivity contribution < 1.29 is 9.84 Å². The van der Waals surface area contributed by atoms with E-state index in [9.17, 15) is 5.11 Å². The number of nitrogens with one attached hydrogen (secondary N) is 1. The van der Waals surface area contributed by atoms with E-state index < -0.39 is 6.10 Å². The highest BCUT2D eigenvalue weighted by Crippen LogP contribution is 2.37. The number of aliphatic hydroxyl groups excluding tert-OH is 1. The lowest BCUT2D eigenvalue weighted by Gasteiger charge is -2.16. The zero-order valence-electron chi connectivity index (χ0n) is 17.3. The van der Waals surface area contributed by atoms with Gasteiger partial charge in [-0.2, -0.15) is 0 Å². The van der Waals surface area contributed by atoms with E-state index in [0.717, 1.165) is 32.4 Å². The Balaban J connectivity index is 1.21. The Hall–Kier alpha value is -3.40. The summed E-state index contributed by atoms with van der Waals surface area (Å²) in [5.74, 6) is 8.36. The number of ether oxygens (including phenoxy) is 1. The minimum absolute atomic E-state index is 0.144. The van der Waals surface area contributed by atoms with Crippen LogP contribution in [0.5, 0.6) is 11.5 Å². The molecule has 2 aromatic carbocycles. The van der Waals surface area contributed by atoms with Crippen molar-refractivity contribution in [1.82, 2.24) is 9.97 Å². The van der Waals surface area contributed by atoms with Gasteiger partial charge < -0.3 is 15.2 Å². The van der Waals surface area contributed by atoms with Gasteiger partial charge in [-0.15, -0.1) is 0 Å². The average Bonchev–Trinajstić information content (AvgIpc) is 3.47. The lowest BCUT2D eigenvalue weighted by atomic mass is 10.1. The largest absolute Gasteiger partial charge is 0.457 e. The summed E-state index contributed by atoms with van der Waals surface area (Å²) in [4.78, 5) is 9.02. The van der Waals surface area contributed by atoms with Crippen LogP contribution in [0.25, 0.3) is 10.2 Å². The fourth-order valence-electron chi connectivity index (χ4n) is 3.99. The minimum atomic E-state index is -0.456. The number of rotatable bonds is 4. The first kappa shape index (κ1) is 19.3. The topological polar surface area (TPSA) is 67.3 Å². The molecule has 0 saturated heterocycles. The molecule has 4 aromatic rings. The van der Waals surface area contributed by atoms with Gasteiger partial charge in [0.1, 0.15) is 17.2 Å². The lowest BCUT2D eigenvalue weighted by Crippen LogP contribution is -2.20. The van der Waals surface area contributed by atoms with E-state index in [4.69, 9.17) is 9.72 Å². The molecule has 2 N–H and O–H groups in total. The van der Waals surface area contributed by atoms with E-state index in [1.807, 2.05) is 42.5 Å². The van der Waals surface area contributed by atoms with Crippen molar-refractivity contribution in [2.45, 2.75) is 31.4 Å². The number of aromatic nitrogens is 2. The van der Waals surface area contributed by atoms with Crippen molar-refractivity contribution in [3.05, 3.63) is 77.6 Å². The maximum Gasteiger partial charge on any atom is 0.184 e. The average molecular weight is 440 g/mol. The number of hydrogen-bond acceptors (Lipinski definition) is 6. The van der Waals surface area contributed by atoms with Gasteiger partial charge in [0, 0.05) is 30.7 Å².